The summed E-state index contributed by atoms with van der Waals surface area (Å²) in [5, 5.41) is 0. The van der Waals surface area contributed by atoms with Gasteiger partial charge < -0.3 is 18.9 Å². The molecule has 1 saturated heterocycles. The Morgan fingerprint density at radius 2 is 2.04 bits per heavy atom. The fourth-order valence-corrected chi connectivity index (χ4v) is 3.70. The second-order valence-electron chi connectivity index (χ2n) is 6.64. The van der Waals surface area contributed by atoms with E-state index in [0.717, 1.165) is 36.0 Å². The van der Waals surface area contributed by atoms with Crippen LogP contribution in [0.15, 0.2) is 29.8 Å². The van der Waals surface area contributed by atoms with Crippen molar-refractivity contribution in [1.29, 1.82) is 0 Å². The van der Waals surface area contributed by atoms with Gasteiger partial charge in [-0.25, -0.2) is 4.79 Å². The van der Waals surface area contributed by atoms with Gasteiger partial charge in [-0.2, -0.15) is 0 Å². The van der Waals surface area contributed by atoms with Crippen molar-refractivity contribution in [3.8, 4) is 0 Å². The molecule has 1 aliphatic carbocycles. The predicted octanol–water partition coefficient (Wildman–Crippen LogP) is 3.21. The number of hydrogen-bond acceptors (Lipinski definition) is 6. The van der Waals surface area contributed by atoms with Gasteiger partial charge in [0.05, 0.1) is 32.3 Å². The van der Waals surface area contributed by atoms with Crippen molar-refractivity contribution in [1.82, 2.24) is 0 Å². The largest absolute Gasteiger partial charge is 0.469 e. The molecule has 27 heavy (non-hydrogen) atoms. The van der Waals surface area contributed by atoms with Crippen LogP contribution in [0.25, 0.3) is 5.57 Å². The first kappa shape index (κ1) is 19.6. The van der Waals surface area contributed by atoms with Gasteiger partial charge in [-0.3, -0.25) is 4.79 Å². The summed E-state index contributed by atoms with van der Waals surface area (Å²) in [7, 11) is 1.35. The lowest BCUT2D eigenvalue weighted by Crippen LogP contribution is -2.23. The van der Waals surface area contributed by atoms with Crippen molar-refractivity contribution in [2.75, 3.05) is 26.9 Å². The minimum atomic E-state index is -0.411. The summed E-state index contributed by atoms with van der Waals surface area (Å²) in [6.07, 6.45) is 2.78. The molecule has 0 radical (unpaired) electrons. The van der Waals surface area contributed by atoms with Gasteiger partial charge >= 0.3 is 11.9 Å². The van der Waals surface area contributed by atoms with Gasteiger partial charge in [0.15, 0.2) is 6.29 Å². The summed E-state index contributed by atoms with van der Waals surface area (Å²) in [4.78, 5) is 24.7. The van der Waals surface area contributed by atoms with Crippen LogP contribution >= 0.6 is 0 Å². The Labute approximate surface area is 159 Å². The van der Waals surface area contributed by atoms with Crippen LogP contribution in [-0.2, 0) is 28.5 Å². The van der Waals surface area contributed by atoms with Crippen LogP contribution < -0.4 is 0 Å². The summed E-state index contributed by atoms with van der Waals surface area (Å²) in [5.74, 6) is -1.17. The standard InChI is InChI=1S/C21H26O6/c1-3-25-21(23)20-16(12-18(22)24-2)14-8-4-5-9-15(14)17(20)13-27-19-10-6-7-11-26-19/h4-5,8-9,16,19H,3,6-7,10-13H2,1-2H3. The molecule has 0 saturated carbocycles. The van der Waals surface area contributed by atoms with Crippen LogP contribution in [0.4, 0.5) is 0 Å². The number of benzene rings is 1. The summed E-state index contributed by atoms with van der Waals surface area (Å²) in [6, 6.07) is 7.71. The van der Waals surface area contributed by atoms with Crippen molar-refractivity contribution in [3.05, 3.63) is 41.0 Å². The topological polar surface area (TPSA) is 71.1 Å². The fourth-order valence-electron chi connectivity index (χ4n) is 3.70. The van der Waals surface area contributed by atoms with Gasteiger partial charge in [0.1, 0.15) is 0 Å². The van der Waals surface area contributed by atoms with Gasteiger partial charge in [0, 0.05) is 12.5 Å². The van der Waals surface area contributed by atoms with E-state index < -0.39 is 11.9 Å². The van der Waals surface area contributed by atoms with E-state index in [9.17, 15) is 9.59 Å². The Bertz CT molecular complexity index is 717. The van der Waals surface area contributed by atoms with E-state index in [2.05, 4.69) is 0 Å². The van der Waals surface area contributed by atoms with E-state index in [0.29, 0.717) is 12.2 Å². The van der Waals surface area contributed by atoms with Crippen molar-refractivity contribution >= 4 is 17.5 Å². The maximum Gasteiger partial charge on any atom is 0.335 e. The van der Waals surface area contributed by atoms with Crippen LogP contribution in [0.2, 0.25) is 0 Å². The number of hydrogen-bond donors (Lipinski definition) is 0. The number of rotatable bonds is 7. The molecule has 146 valence electrons. The Morgan fingerprint density at radius 1 is 1.22 bits per heavy atom. The first-order valence-corrected chi connectivity index (χ1v) is 9.45. The summed E-state index contributed by atoms with van der Waals surface area (Å²) < 4.78 is 21.7. The maximum atomic E-state index is 12.7. The number of carbonyl (C=O) groups excluding carboxylic acids is 2. The Morgan fingerprint density at radius 3 is 2.74 bits per heavy atom. The molecular formula is C21H26O6. The highest BCUT2D eigenvalue weighted by Gasteiger charge is 2.37. The molecule has 0 spiro atoms. The number of esters is 2. The molecule has 6 nitrogen and oxygen atoms in total. The molecule has 1 aromatic rings. The highest BCUT2D eigenvalue weighted by atomic mass is 16.7. The van der Waals surface area contributed by atoms with Gasteiger partial charge in [-0.1, -0.05) is 24.3 Å². The number of fused-ring (bicyclic) bond motifs is 1. The minimum absolute atomic E-state index is 0.0884. The molecule has 6 heteroatoms. The van der Waals surface area contributed by atoms with E-state index in [1.54, 1.807) is 6.92 Å². The van der Waals surface area contributed by atoms with Gasteiger partial charge in [-0.05, 0) is 42.9 Å². The van der Waals surface area contributed by atoms with Gasteiger partial charge in [-0.15, -0.1) is 0 Å². The molecule has 2 aliphatic rings. The van der Waals surface area contributed by atoms with E-state index in [-0.39, 0.29) is 31.9 Å². The lowest BCUT2D eigenvalue weighted by atomic mass is 9.92. The van der Waals surface area contributed by atoms with Crippen molar-refractivity contribution in [3.63, 3.8) is 0 Å². The van der Waals surface area contributed by atoms with E-state index in [1.165, 1.54) is 7.11 Å². The van der Waals surface area contributed by atoms with Crippen molar-refractivity contribution in [2.45, 2.75) is 44.8 Å². The number of methoxy groups -OCH3 is 1. The molecular weight excluding hydrogens is 348 g/mol. The molecule has 2 unspecified atom stereocenters. The molecule has 3 rings (SSSR count). The molecule has 1 aliphatic heterocycles. The third-order valence-electron chi connectivity index (χ3n) is 4.98. The lowest BCUT2D eigenvalue weighted by Gasteiger charge is -2.23. The monoisotopic (exact) mass is 374 g/mol. The smallest absolute Gasteiger partial charge is 0.335 e. The first-order chi connectivity index (χ1) is 13.2. The van der Waals surface area contributed by atoms with Crippen LogP contribution in [0.3, 0.4) is 0 Å². The van der Waals surface area contributed by atoms with Crippen molar-refractivity contribution in [2.24, 2.45) is 0 Å². The van der Waals surface area contributed by atoms with Crippen LogP contribution in [0.1, 0.15) is 49.7 Å². The molecule has 0 N–H and O–H groups in total. The number of ether oxygens (including phenoxy) is 4. The predicted molar refractivity (Wildman–Crippen MR) is 98.9 cm³/mol. The van der Waals surface area contributed by atoms with E-state index >= 15 is 0 Å². The zero-order chi connectivity index (χ0) is 19.2. The van der Waals surface area contributed by atoms with Crippen LogP contribution in [0, 0.1) is 0 Å². The van der Waals surface area contributed by atoms with Gasteiger partial charge in [0.2, 0.25) is 0 Å². The third-order valence-corrected chi connectivity index (χ3v) is 4.98. The van der Waals surface area contributed by atoms with E-state index in [1.807, 2.05) is 24.3 Å². The minimum Gasteiger partial charge on any atom is -0.469 e. The molecule has 1 aromatic carbocycles. The average Bonchev–Trinajstić information content (AvgIpc) is 3.01. The fraction of sp³-hybridized carbons (Fsp3) is 0.524. The van der Waals surface area contributed by atoms with Gasteiger partial charge in [0.25, 0.3) is 0 Å². The molecule has 1 fully saturated rings. The molecule has 0 bridgehead atoms. The summed E-state index contributed by atoms with van der Waals surface area (Å²) >= 11 is 0. The van der Waals surface area contributed by atoms with Crippen LogP contribution in [0.5, 0.6) is 0 Å². The maximum absolute atomic E-state index is 12.7. The Balaban J connectivity index is 1.92. The highest BCUT2D eigenvalue weighted by Crippen LogP contribution is 2.44. The Kier molecular flexibility index (Phi) is 6.63. The van der Waals surface area contributed by atoms with Crippen LogP contribution in [-0.4, -0.2) is 45.2 Å². The summed E-state index contributed by atoms with van der Waals surface area (Å²) in [5.41, 5.74) is 3.10. The zero-order valence-corrected chi connectivity index (χ0v) is 15.9. The number of carbonyl (C=O) groups is 2. The second kappa shape index (κ2) is 9.15. The van der Waals surface area contributed by atoms with E-state index in [4.69, 9.17) is 18.9 Å². The van der Waals surface area contributed by atoms with Crippen molar-refractivity contribution < 1.29 is 28.5 Å². The summed E-state index contributed by atoms with van der Waals surface area (Å²) in [6.45, 7) is 2.97. The molecule has 1 heterocycles. The quantitative estimate of drug-likeness (QED) is 0.683. The second-order valence-corrected chi connectivity index (χ2v) is 6.64. The third kappa shape index (κ3) is 4.39. The Hall–Kier alpha value is -2.18. The average molecular weight is 374 g/mol. The first-order valence-electron chi connectivity index (χ1n) is 9.45. The molecule has 0 aromatic heterocycles. The molecule has 2 atom stereocenters. The SMILES string of the molecule is CCOC(=O)C1=C(COC2CCCCO2)c2ccccc2C1CC(=O)OC. The zero-order valence-electron chi connectivity index (χ0n) is 15.9. The molecule has 0 amide bonds. The lowest BCUT2D eigenvalue weighted by molar-refractivity contribution is -0.154. The normalized spacial score (nSPS) is 21.7. The highest BCUT2D eigenvalue weighted by molar-refractivity contribution is 6.03.